The molecule has 0 saturated carbocycles. The quantitative estimate of drug-likeness (QED) is 0.840. The van der Waals surface area contributed by atoms with Crippen LogP contribution in [0, 0.1) is 0 Å². The first kappa shape index (κ1) is 13.1. The fourth-order valence-electron chi connectivity index (χ4n) is 2.70. The standard InChI is InChI=1S/C14H21N3O/c1-3-17(9-14(18)16-2)13-8-12(15)10-6-4-5-7-11(10)13/h4-7,12-13H,3,8-9,15H2,1-2H3,(H,16,18). The Labute approximate surface area is 108 Å². The van der Waals surface area contributed by atoms with Gasteiger partial charge in [-0.15, -0.1) is 0 Å². The molecular formula is C14H21N3O. The summed E-state index contributed by atoms with van der Waals surface area (Å²) >= 11 is 0. The van der Waals surface area contributed by atoms with Gasteiger partial charge in [-0.2, -0.15) is 0 Å². The second-order valence-electron chi connectivity index (χ2n) is 4.72. The molecule has 2 atom stereocenters. The maximum absolute atomic E-state index is 11.5. The Balaban J connectivity index is 2.21. The van der Waals surface area contributed by atoms with E-state index in [2.05, 4.69) is 29.3 Å². The van der Waals surface area contributed by atoms with E-state index < -0.39 is 0 Å². The number of carbonyl (C=O) groups excluding carboxylic acids is 1. The highest BCUT2D eigenvalue weighted by Gasteiger charge is 2.32. The molecule has 18 heavy (non-hydrogen) atoms. The molecular weight excluding hydrogens is 226 g/mol. The van der Waals surface area contributed by atoms with Gasteiger partial charge in [0.2, 0.25) is 5.91 Å². The highest BCUT2D eigenvalue weighted by molar-refractivity contribution is 5.77. The van der Waals surface area contributed by atoms with Gasteiger partial charge >= 0.3 is 0 Å². The Morgan fingerprint density at radius 2 is 2.11 bits per heavy atom. The zero-order chi connectivity index (χ0) is 13.1. The molecule has 0 radical (unpaired) electrons. The Morgan fingerprint density at radius 3 is 2.72 bits per heavy atom. The molecule has 0 saturated heterocycles. The van der Waals surface area contributed by atoms with E-state index in [0.717, 1.165) is 13.0 Å². The summed E-state index contributed by atoms with van der Waals surface area (Å²) in [5.41, 5.74) is 8.66. The van der Waals surface area contributed by atoms with Crippen LogP contribution < -0.4 is 11.1 Å². The van der Waals surface area contributed by atoms with Crippen molar-refractivity contribution < 1.29 is 4.79 Å². The minimum absolute atomic E-state index is 0.0507. The summed E-state index contributed by atoms with van der Waals surface area (Å²) in [6.07, 6.45) is 0.893. The predicted octanol–water partition coefficient (Wildman–Crippen LogP) is 1.20. The van der Waals surface area contributed by atoms with Crippen LogP contribution >= 0.6 is 0 Å². The van der Waals surface area contributed by atoms with Crippen molar-refractivity contribution in [2.75, 3.05) is 20.1 Å². The molecule has 1 amide bonds. The third-order valence-electron chi connectivity index (χ3n) is 3.70. The number of amides is 1. The van der Waals surface area contributed by atoms with Gasteiger partial charge in [-0.05, 0) is 24.1 Å². The molecule has 0 fully saturated rings. The summed E-state index contributed by atoms with van der Waals surface area (Å²) in [6, 6.07) is 8.63. The fraction of sp³-hybridized carbons (Fsp3) is 0.500. The van der Waals surface area contributed by atoms with Gasteiger partial charge in [0.15, 0.2) is 0 Å². The minimum Gasteiger partial charge on any atom is -0.358 e. The molecule has 0 bridgehead atoms. The van der Waals surface area contributed by atoms with Gasteiger partial charge in [-0.3, -0.25) is 9.69 Å². The van der Waals surface area contributed by atoms with Crippen LogP contribution in [0.25, 0.3) is 0 Å². The Morgan fingerprint density at radius 1 is 1.44 bits per heavy atom. The predicted molar refractivity (Wildman–Crippen MR) is 72.0 cm³/mol. The monoisotopic (exact) mass is 247 g/mol. The van der Waals surface area contributed by atoms with Gasteiger partial charge in [-0.1, -0.05) is 31.2 Å². The number of likely N-dealkylation sites (N-methyl/N-ethyl adjacent to an activating group) is 2. The average Bonchev–Trinajstić information content (AvgIpc) is 2.74. The molecule has 1 aromatic carbocycles. The highest BCUT2D eigenvalue weighted by Crippen LogP contribution is 2.40. The van der Waals surface area contributed by atoms with Crippen molar-refractivity contribution in [3.8, 4) is 0 Å². The second kappa shape index (κ2) is 5.50. The average molecular weight is 247 g/mol. The zero-order valence-electron chi connectivity index (χ0n) is 11.0. The van der Waals surface area contributed by atoms with Crippen LogP contribution in [-0.4, -0.2) is 30.9 Å². The van der Waals surface area contributed by atoms with Gasteiger partial charge in [-0.25, -0.2) is 0 Å². The van der Waals surface area contributed by atoms with Crippen LogP contribution in [0.2, 0.25) is 0 Å². The van der Waals surface area contributed by atoms with Gasteiger partial charge in [0.05, 0.1) is 6.54 Å². The number of fused-ring (bicyclic) bond motifs is 1. The van der Waals surface area contributed by atoms with Crippen LogP contribution in [0.4, 0.5) is 0 Å². The molecule has 4 heteroatoms. The largest absolute Gasteiger partial charge is 0.358 e. The summed E-state index contributed by atoms with van der Waals surface area (Å²) in [6.45, 7) is 3.35. The molecule has 4 nitrogen and oxygen atoms in total. The summed E-state index contributed by atoms with van der Waals surface area (Å²) in [7, 11) is 1.67. The lowest BCUT2D eigenvalue weighted by atomic mass is 10.1. The third-order valence-corrected chi connectivity index (χ3v) is 3.70. The molecule has 3 N–H and O–H groups in total. The lowest BCUT2D eigenvalue weighted by Gasteiger charge is -2.27. The Kier molecular flexibility index (Phi) is 3.99. The van der Waals surface area contributed by atoms with Crippen molar-refractivity contribution in [3.63, 3.8) is 0 Å². The SMILES string of the molecule is CCN(CC(=O)NC)C1CC(N)c2ccccc21. The summed E-state index contributed by atoms with van der Waals surface area (Å²) in [5, 5.41) is 2.68. The first-order chi connectivity index (χ1) is 8.67. The molecule has 2 unspecified atom stereocenters. The lowest BCUT2D eigenvalue weighted by molar-refractivity contribution is -0.122. The number of nitrogens with one attached hydrogen (secondary N) is 1. The van der Waals surface area contributed by atoms with E-state index in [1.165, 1.54) is 11.1 Å². The van der Waals surface area contributed by atoms with E-state index in [4.69, 9.17) is 5.73 Å². The smallest absolute Gasteiger partial charge is 0.233 e. The van der Waals surface area contributed by atoms with Crippen molar-refractivity contribution in [1.29, 1.82) is 0 Å². The van der Waals surface area contributed by atoms with Gasteiger partial charge in [0, 0.05) is 19.1 Å². The van der Waals surface area contributed by atoms with Gasteiger partial charge in [0.1, 0.15) is 0 Å². The summed E-state index contributed by atoms with van der Waals surface area (Å²) in [5.74, 6) is 0.0507. The van der Waals surface area contributed by atoms with E-state index in [0.29, 0.717) is 6.54 Å². The van der Waals surface area contributed by atoms with Gasteiger partial charge < -0.3 is 11.1 Å². The maximum atomic E-state index is 11.5. The van der Waals surface area contributed by atoms with E-state index in [9.17, 15) is 4.79 Å². The van der Waals surface area contributed by atoms with Crippen molar-refractivity contribution in [2.45, 2.75) is 25.4 Å². The molecule has 0 aromatic heterocycles. The van der Waals surface area contributed by atoms with Crippen LogP contribution in [0.5, 0.6) is 0 Å². The Hall–Kier alpha value is -1.39. The summed E-state index contributed by atoms with van der Waals surface area (Å²) in [4.78, 5) is 13.7. The first-order valence-corrected chi connectivity index (χ1v) is 6.46. The number of benzene rings is 1. The van der Waals surface area contributed by atoms with E-state index in [-0.39, 0.29) is 18.0 Å². The second-order valence-corrected chi connectivity index (χ2v) is 4.72. The third kappa shape index (κ3) is 2.40. The van der Waals surface area contributed by atoms with E-state index in [1.54, 1.807) is 7.05 Å². The van der Waals surface area contributed by atoms with Gasteiger partial charge in [0.25, 0.3) is 0 Å². The fourth-order valence-corrected chi connectivity index (χ4v) is 2.70. The number of carbonyl (C=O) groups is 1. The van der Waals surface area contributed by atoms with Crippen LogP contribution in [0.1, 0.15) is 36.6 Å². The topological polar surface area (TPSA) is 58.4 Å². The van der Waals surface area contributed by atoms with Crippen molar-refractivity contribution in [3.05, 3.63) is 35.4 Å². The molecule has 1 aliphatic rings. The van der Waals surface area contributed by atoms with Crippen LogP contribution in [-0.2, 0) is 4.79 Å². The zero-order valence-corrected chi connectivity index (χ0v) is 11.0. The molecule has 98 valence electrons. The minimum atomic E-state index is 0.0507. The van der Waals surface area contributed by atoms with Crippen LogP contribution in [0.3, 0.4) is 0 Å². The number of hydrogen-bond acceptors (Lipinski definition) is 3. The first-order valence-electron chi connectivity index (χ1n) is 6.46. The molecule has 0 aliphatic heterocycles. The number of rotatable bonds is 4. The number of hydrogen-bond donors (Lipinski definition) is 2. The van der Waals surface area contributed by atoms with E-state index in [1.807, 2.05) is 12.1 Å². The highest BCUT2D eigenvalue weighted by atomic mass is 16.1. The molecule has 1 aromatic rings. The molecule has 2 rings (SSSR count). The number of nitrogens with zero attached hydrogens (tertiary/aromatic N) is 1. The molecule has 0 spiro atoms. The summed E-state index contributed by atoms with van der Waals surface area (Å²) < 4.78 is 0. The van der Waals surface area contributed by atoms with Crippen LogP contribution in [0.15, 0.2) is 24.3 Å². The van der Waals surface area contributed by atoms with Crippen molar-refractivity contribution >= 4 is 5.91 Å². The normalized spacial score (nSPS) is 22.0. The molecule has 1 aliphatic carbocycles. The van der Waals surface area contributed by atoms with E-state index >= 15 is 0 Å². The van der Waals surface area contributed by atoms with Crippen molar-refractivity contribution in [1.82, 2.24) is 10.2 Å². The number of nitrogens with two attached hydrogens (primary N) is 1. The Bertz CT molecular complexity index is 433. The molecule has 0 heterocycles. The van der Waals surface area contributed by atoms with Crippen molar-refractivity contribution in [2.24, 2.45) is 5.73 Å². The maximum Gasteiger partial charge on any atom is 0.233 e. The lowest BCUT2D eigenvalue weighted by Crippen LogP contribution is -2.37.